The van der Waals surface area contributed by atoms with Crippen LogP contribution in [0.1, 0.15) is 47.5 Å². The van der Waals surface area contributed by atoms with Crippen molar-refractivity contribution >= 4 is 17.3 Å². The minimum Gasteiger partial charge on any atom is -0.480 e. The van der Waals surface area contributed by atoms with Crippen LogP contribution in [0.3, 0.4) is 0 Å². The lowest BCUT2D eigenvalue weighted by atomic mass is 9.96. The Balaban J connectivity index is 2.02. The number of aryl methyl sites for hydroxylation is 1. The summed E-state index contributed by atoms with van der Waals surface area (Å²) in [4.78, 5) is 20.7. The standard InChI is InChI=1S/C18H22N2O2S/c1-2-14-8-9-16(23-14)17(13-6-5-10-19-12-13)20-11-4-3-7-15(20)18(21)22/h5-6,8-10,12,15,17H,2-4,7,11H2,1H3,(H,21,22). The third-order valence-corrected chi connectivity index (χ3v) is 5.74. The van der Waals surface area contributed by atoms with Crippen LogP contribution < -0.4 is 0 Å². The minimum absolute atomic E-state index is 0.0181. The average Bonchev–Trinajstić information content (AvgIpc) is 3.05. The maximum Gasteiger partial charge on any atom is 0.320 e. The fourth-order valence-electron chi connectivity index (χ4n) is 3.32. The highest BCUT2D eigenvalue weighted by Gasteiger charge is 2.35. The van der Waals surface area contributed by atoms with Gasteiger partial charge < -0.3 is 5.11 Å². The second kappa shape index (κ2) is 7.23. The molecule has 0 aliphatic carbocycles. The summed E-state index contributed by atoms with van der Waals surface area (Å²) in [7, 11) is 0. The van der Waals surface area contributed by atoms with Gasteiger partial charge in [-0.15, -0.1) is 11.3 Å². The van der Waals surface area contributed by atoms with E-state index in [0.717, 1.165) is 37.8 Å². The van der Waals surface area contributed by atoms with Crippen LogP contribution in [-0.4, -0.2) is 33.5 Å². The smallest absolute Gasteiger partial charge is 0.320 e. The van der Waals surface area contributed by atoms with E-state index < -0.39 is 12.0 Å². The van der Waals surface area contributed by atoms with Crippen LogP contribution in [0.5, 0.6) is 0 Å². The van der Waals surface area contributed by atoms with Crippen LogP contribution in [0.15, 0.2) is 36.7 Å². The summed E-state index contributed by atoms with van der Waals surface area (Å²) in [5, 5.41) is 9.65. The number of carboxylic acids is 1. The molecule has 1 aliphatic heterocycles. The normalized spacial score (nSPS) is 20.3. The number of aromatic nitrogens is 1. The number of carbonyl (C=O) groups is 1. The number of nitrogens with zero attached hydrogens (tertiary/aromatic N) is 2. The van der Waals surface area contributed by atoms with Crippen LogP contribution in [0, 0.1) is 0 Å². The van der Waals surface area contributed by atoms with E-state index in [-0.39, 0.29) is 6.04 Å². The number of likely N-dealkylation sites (tertiary alicyclic amines) is 1. The number of hydrogen-bond donors (Lipinski definition) is 1. The molecule has 0 spiro atoms. The number of aliphatic carboxylic acids is 1. The first kappa shape index (κ1) is 16.1. The second-order valence-electron chi connectivity index (χ2n) is 5.93. The van der Waals surface area contributed by atoms with Crippen LogP contribution in [0.4, 0.5) is 0 Å². The maximum absolute atomic E-state index is 11.7. The van der Waals surface area contributed by atoms with Gasteiger partial charge in [0, 0.05) is 22.1 Å². The van der Waals surface area contributed by atoms with E-state index in [2.05, 4.69) is 35.0 Å². The fourth-order valence-corrected chi connectivity index (χ4v) is 4.42. The SMILES string of the molecule is CCc1ccc(C(c2cccnc2)N2CCCCC2C(=O)O)s1. The van der Waals surface area contributed by atoms with Crippen LogP contribution in [0.25, 0.3) is 0 Å². The molecule has 0 aromatic carbocycles. The third kappa shape index (κ3) is 3.46. The van der Waals surface area contributed by atoms with Gasteiger partial charge in [-0.25, -0.2) is 0 Å². The van der Waals surface area contributed by atoms with Gasteiger partial charge in [-0.3, -0.25) is 14.7 Å². The van der Waals surface area contributed by atoms with E-state index in [9.17, 15) is 9.90 Å². The Morgan fingerprint density at radius 2 is 2.30 bits per heavy atom. The molecule has 0 saturated carbocycles. The first-order chi connectivity index (χ1) is 11.2. The van der Waals surface area contributed by atoms with Crippen molar-refractivity contribution in [1.29, 1.82) is 0 Å². The molecule has 23 heavy (non-hydrogen) atoms. The number of piperidine rings is 1. The number of rotatable bonds is 5. The van der Waals surface area contributed by atoms with Crippen LogP contribution >= 0.6 is 11.3 Å². The summed E-state index contributed by atoms with van der Waals surface area (Å²) in [5.41, 5.74) is 1.07. The van der Waals surface area contributed by atoms with E-state index >= 15 is 0 Å². The van der Waals surface area contributed by atoms with Crippen molar-refractivity contribution in [1.82, 2.24) is 9.88 Å². The predicted octanol–water partition coefficient (Wildman–Crippen LogP) is 3.73. The molecule has 1 fully saturated rings. The monoisotopic (exact) mass is 330 g/mol. The summed E-state index contributed by atoms with van der Waals surface area (Å²) in [6.07, 6.45) is 7.39. The molecule has 2 aromatic rings. The highest BCUT2D eigenvalue weighted by atomic mass is 32.1. The summed E-state index contributed by atoms with van der Waals surface area (Å²) >= 11 is 1.78. The number of thiophene rings is 1. The summed E-state index contributed by atoms with van der Waals surface area (Å²) in [6.45, 7) is 2.96. The Kier molecular flexibility index (Phi) is 5.08. The van der Waals surface area contributed by atoms with Gasteiger partial charge in [-0.1, -0.05) is 19.4 Å². The van der Waals surface area contributed by atoms with Gasteiger partial charge in [-0.05, 0) is 49.6 Å². The molecular formula is C18H22N2O2S. The first-order valence-electron chi connectivity index (χ1n) is 8.17. The van der Waals surface area contributed by atoms with Crippen molar-refractivity contribution in [2.45, 2.75) is 44.7 Å². The quantitative estimate of drug-likeness (QED) is 0.907. The number of pyridine rings is 1. The summed E-state index contributed by atoms with van der Waals surface area (Å²) in [5.74, 6) is -0.717. The molecule has 2 aromatic heterocycles. The molecule has 1 N–H and O–H groups in total. The molecular weight excluding hydrogens is 308 g/mol. The molecule has 3 rings (SSSR count). The summed E-state index contributed by atoms with van der Waals surface area (Å²) in [6, 6.07) is 7.85. The zero-order valence-electron chi connectivity index (χ0n) is 13.3. The fraction of sp³-hybridized carbons (Fsp3) is 0.444. The zero-order chi connectivity index (χ0) is 16.2. The van der Waals surface area contributed by atoms with Gasteiger partial charge in [0.2, 0.25) is 0 Å². The molecule has 1 saturated heterocycles. The molecule has 1 aliphatic rings. The summed E-state index contributed by atoms with van der Waals surface area (Å²) < 4.78 is 0. The molecule has 2 atom stereocenters. The minimum atomic E-state index is -0.717. The molecule has 122 valence electrons. The third-order valence-electron chi connectivity index (χ3n) is 4.46. The molecule has 5 heteroatoms. The van der Waals surface area contributed by atoms with Crippen molar-refractivity contribution in [3.63, 3.8) is 0 Å². The van der Waals surface area contributed by atoms with Crippen molar-refractivity contribution in [3.05, 3.63) is 52.0 Å². The van der Waals surface area contributed by atoms with E-state index in [1.807, 2.05) is 12.3 Å². The van der Waals surface area contributed by atoms with Crippen molar-refractivity contribution in [3.8, 4) is 0 Å². The maximum atomic E-state index is 11.7. The largest absolute Gasteiger partial charge is 0.480 e. The Hall–Kier alpha value is -1.72. The average molecular weight is 330 g/mol. The van der Waals surface area contributed by atoms with E-state index in [4.69, 9.17) is 0 Å². The van der Waals surface area contributed by atoms with Gasteiger partial charge in [0.1, 0.15) is 6.04 Å². The van der Waals surface area contributed by atoms with Crippen molar-refractivity contribution in [2.75, 3.05) is 6.54 Å². The van der Waals surface area contributed by atoms with Crippen LogP contribution in [-0.2, 0) is 11.2 Å². The topological polar surface area (TPSA) is 53.4 Å². The van der Waals surface area contributed by atoms with Gasteiger partial charge in [0.15, 0.2) is 0 Å². The van der Waals surface area contributed by atoms with Gasteiger partial charge in [-0.2, -0.15) is 0 Å². The highest BCUT2D eigenvalue weighted by molar-refractivity contribution is 7.12. The molecule has 0 amide bonds. The Morgan fingerprint density at radius 1 is 1.43 bits per heavy atom. The van der Waals surface area contributed by atoms with Gasteiger partial charge >= 0.3 is 5.97 Å². The highest BCUT2D eigenvalue weighted by Crippen LogP contribution is 2.37. The first-order valence-corrected chi connectivity index (χ1v) is 8.99. The Morgan fingerprint density at radius 3 is 2.96 bits per heavy atom. The van der Waals surface area contributed by atoms with E-state index in [1.165, 1.54) is 9.75 Å². The second-order valence-corrected chi connectivity index (χ2v) is 7.13. The van der Waals surface area contributed by atoms with Gasteiger partial charge in [0.05, 0.1) is 6.04 Å². The number of hydrogen-bond acceptors (Lipinski definition) is 4. The molecule has 2 unspecified atom stereocenters. The molecule has 0 bridgehead atoms. The van der Waals surface area contributed by atoms with Gasteiger partial charge in [0.25, 0.3) is 0 Å². The van der Waals surface area contributed by atoms with Crippen molar-refractivity contribution in [2.24, 2.45) is 0 Å². The lowest BCUT2D eigenvalue weighted by molar-refractivity contribution is -0.145. The molecule has 3 heterocycles. The zero-order valence-corrected chi connectivity index (χ0v) is 14.1. The van der Waals surface area contributed by atoms with E-state index in [0.29, 0.717) is 0 Å². The number of carboxylic acid groups (broad SMARTS) is 1. The predicted molar refractivity (Wildman–Crippen MR) is 91.8 cm³/mol. The molecule has 4 nitrogen and oxygen atoms in total. The molecule has 0 radical (unpaired) electrons. The van der Waals surface area contributed by atoms with E-state index in [1.54, 1.807) is 17.5 Å². The Bertz CT molecular complexity index is 656. The van der Waals surface area contributed by atoms with Crippen LogP contribution in [0.2, 0.25) is 0 Å². The Labute approximate surface area is 140 Å². The van der Waals surface area contributed by atoms with Crippen molar-refractivity contribution < 1.29 is 9.90 Å². The lowest BCUT2D eigenvalue weighted by Crippen LogP contribution is -2.46. The lowest BCUT2D eigenvalue weighted by Gasteiger charge is -2.38.